The average molecular weight is 436 g/mol. The normalized spacial score (nSPS) is 21.0. The molecule has 3 rings (SSSR count). The number of hydrogen-bond donors (Lipinski definition) is 0. The predicted molar refractivity (Wildman–Crippen MR) is 117 cm³/mol. The van der Waals surface area contributed by atoms with Crippen molar-refractivity contribution >= 4 is 35.3 Å². The minimum Gasteiger partial charge on any atom is -0.306 e. The largest absolute Gasteiger partial charge is 0.306 e. The smallest absolute Gasteiger partial charge is 0.0832 e. The topological polar surface area (TPSA) is 15.7 Å². The third kappa shape index (κ3) is 7.72. The Balaban J connectivity index is 0.000000817. The summed E-state index contributed by atoms with van der Waals surface area (Å²) in [6.45, 7) is 3.70. The summed E-state index contributed by atoms with van der Waals surface area (Å²) in [7, 11) is 4.44. The van der Waals surface area contributed by atoms with Gasteiger partial charge < -0.3 is 9.80 Å². The molecule has 0 spiro atoms. The van der Waals surface area contributed by atoms with Crippen molar-refractivity contribution in [2.24, 2.45) is 5.92 Å². The summed E-state index contributed by atoms with van der Waals surface area (Å²) in [6.07, 6.45) is 9.64. The standard InChI is InChI=1S/C21H33ClN2.Cl2O/c1-23(2)20-11-13-24(14-12-20)16-21(17-7-4-3-5-8-17)18-9-6-10-19(22)15-18;1-3-2/h6,9-10,15,17,20-21H,3-5,7-8,11-14,16H2,1-2H3;. The lowest BCUT2D eigenvalue weighted by Gasteiger charge is -2.39. The van der Waals surface area contributed by atoms with Crippen LogP contribution in [-0.2, 0) is 3.84 Å². The lowest BCUT2D eigenvalue weighted by molar-refractivity contribution is 0.126. The molecule has 1 saturated heterocycles. The Morgan fingerprint density at radius 1 is 1.07 bits per heavy atom. The molecule has 0 bridgehead atoms. The number of benzene rings is 1. The van der Waals surface area contributed by atoms with Gasteiger partial charge in [-0.15, -0.1) is 0 Å². The van der Waals surface area contributed by atoms with Crippen LogP contribution in [0.1, 0.15) is 56.4 Å². The van der Waals surface area contributed by atoms with Gasteiger partial charge in [-0.25, -0.2) is 0 Å². The van der Waals surface area contributed by atoms with Crippen LogP contribution in [0.25, 0.3) is 0 Å². The van der Waals surface area contributed by atoms with Crippen molar-refractivity contribution in [1.82, 2.24) is 9.80 Å². The third-order valence-corrected chi connectivity index (χ3v) is 6.47. The molecule has 0 N–H and O–H groups in total. The first-order valence-electron chi connectivity index (χ1n) is 10.1. The van der Waals surface area contributed by atoms with E-state index in [9.17, 15) is 0 Å². The molecule has 27 heavy (non-hydrogen) atoms. The van der Waals surface area contributed by atoms with E-state index in [1.807, 2.05) is 6.07 Å². The molecule has 2 fully saturated rings. The number of piperidine rings is 1. The van der Waals surface area contributed by atoms with E-state index in [-0.39, 0.29) is 0 Å². The molecule has 1 atom stereocenters. The molecule has 1 aliphatic heterocycles. The van der Waals surface area contributed by atoms with Crippen LogP contribution in [0.3, 0.4) is 0 Å². The molecule has 154 valence electrons. The van der Waals surface area contributed by atoms with Crippen molar-refractivity contribution < 1.29 is 3.84 Å². The lowest BCUT2D eigenvalue weighted by Crippen LogP contribution is -2.44. The fourth-order valence-electron chi connectivity index (χ4n) is 4.70. The quantitative estimate of drug-likeness (QED) is 0.536. The minimum absolute atomic E-state index is 0.653. The fraction of sp³-hybridized carbons (Fsp3) is 0.714. The van der Waals surface area contributed by atoms with E-state index in [2.05, 4.69) is 69.7 Å². The van der Waals surface area contributed by atoms with Gasteiger partial charge >= 0.3 is 0 Å². The molecule has 6 heteroatoms. The van der Waals surface area contributed by atoms with Crippen molar-refractivity contribution in [3.63, 3.8) is 0 Å². The van der Waals surface area contributed by atoms with Crippen LogP contribution in [0.15, 0.2) is 24.3 Å². The molecule has 0 aromatic heterocycles. The molecular formula is C21H33Cl3N2O. The summed E-state index contributed by atoms with van der Waals surface area (Å²) in [4.78, 5) is 5.10. The lowest BCUT2D eigenvalue weighted by atomic mass is 9.76. The first kappa shape index (κ1) is 23.3. The molecule has 2 aliphatic rings. The Labute approximate surface area is 180 Å². The highest BCUT2D eigenvalue weighted by Crippen LogP contribution is 2.37. The average Bonchev–Trinajstić information content (AvgIpc) is 2.68. The zero-order chi connectivity index (χ0) is 19.6. The first-order valence-corrected chi connectivity index (χ1v) is 11.1. The van der Waals surface area contributed by atoms with Crippen LogP contribution in [0.4, 0.5) is 0 Å². The number of halogens is 3. The monoisotopic (exact) mass is 434 g/mol. The van der Waals surface area contributed by atoms with Gasteiger partial charge in [0.15, 0.2) is 0 Å². The number of nitrogens with zero attached hydrogens (tertiary/aromatic N) is 2. The van der Waals surface area contributed by atoms with E-state index in [1.54, 1.807) is 0 Å². The molecule has 1 heterocycles. The van der Waals surface area contributed by atoms with Gasteiger partial charge in [0, 0.05) is 17.6 Å². The molecule has 1 saturated carbocycles. The highest BCUT2D eigenvalue weighted by molar-refractivity contribution is 6.30. The summed E-state index contributed by atoms with van der Waals surface area (Å²) in [5.41, 5.74) is 1.46. The number of likely N-dealkylation sites (tertiary alicyclic amines) is 1. The van der Waals surface area contributed by atoms with Crippen molar-refractivity contribution in [2.75, 3.05) is 33.7 Å². The van der Waals surface area contributed by atoms with E-state index in [0.29, 0.717) is 5.92 Å². The maximum Gasteiger partial charge on any atom is 0.0832 e. The third-order valence-electron chi connectivity index (χ3n) is 6.24. The first-order chi connectivity index (χ1) is 13.0. The van der Waals surface area contributed by atoms with E-state index in [4.69, 9.17) is 11.6 Å². The minimum atomic E-state index is 0.653. The van der Waals surface area contributed by atoms with Gasteiger partial charge in [0.1, 0.15) is 0 Å². The van der Waals surface area contributed by atoms with Crippen molar-refractivity contribution in [1.29, 1.82) is 0 Å². The van der Waals surface area contributed by atoms with E-state index in [0.717, 1.165) is 17.0 Å². The highest BCUT2D eigenvalue weighted by Gasteiger charge is 2.29. The Hall–Kier alpha value is -0.0300. The zero-order valence-corrected chi connectivity index (χ0v) is 18.8. The molecular weight excluding hydrogens is 403 g/mol. The summed E-state index contributed by atoms with van der Waals surface area (Å²) < 4.78 is 3.19. The molecule has 1 unspecified atom stereocenters. The summed E-state index contributed by atoms with van der Waals surface area (Å²) >= 11 is 14.8. The van der Waals surface area contributed by atoms with Crippen LogP contribution in [0.5, 0.6) is 0 Å². The van der Waals surface area contributed by atoms with Crippen LogP contribution in [0, 0.1) is 5.92 Å². The van der Waals surface area contributed by atoms with Gasteiger partial charge in [-0.2, -0.15) is 3.84 Å². The van der Waals surface area contributed by atoms with Crippen molar-refractivity contribution in [3.05, 3.63) is 34.9 Å². The highest BCUT2D eigenvalue weighted by atomic mass is 35.6. The Bertz CT molecular complexity index is 530. The van der Waals surface area contributed by atoms with Crippen molar-refractivity contribution in [2.45, 2.75) is 56.9 Å². The second-order valence-electron chi connectivity index (χ2n) is 8.11. The van der Waals surface area contributed by atoms with E-state index in [1.165, 1.54) is 70.1 Å². The number of hydrogen-bond acceptors (Lipinski definition) is 3. The Morgan fingerprint density at radius 3 is 2.26 bits per heavy atom. The molecule has 1 aliphatic carbocycles. The Morgan fingerprint density at radius 2 is 1.70 bits per heavy atom. The van der Waals surface area contributed by atoms with Gasteiger partial charge in [0.05, 0.1) is 23.7 Å². The maximum absolute atomic E-state index is 6.31. The van der Waals surface area contributed by atoms with Crippen molar-refractivity contribution in [3.8, 4) is 0 Å². The van der Waals surface area contributed by atoms with Crippen LogP contribution in [0.2, 0.25) is 5.02 Å². The van der Waals surface area contributed by atoms with Gasteiger partial charge in [-0.3, -0.25) is 0 Å². The van der Waals surface area contributed by atoms with Crippen LogP contribution >= 0.6 is 35.3 Å². The van der Waals surface area contributed by atoms with Crippen LogP contribution in [-0.4, -0.2) is 49.6 Å². The molecule has 1 aromatic rings. The molecule has 0 radical (unpaired) electrons. The predicted octanol–water partition coefficient (Wildman–Crippen LogP) is 6.34. The summed E-state index contributed by atoms with van der Waals surface area (Å²) in [5, 5.41) is 0.889. The van der Waals surface area contributed by atoms with Gasteiger partial charge in [0.2, 0.25) is 0 Å². The second kappa shape index (κ2) is 12.5. The fourth-order valence-corrected chi connectivity index (χ4v) is 4.90. The number of rotatable bonds is 5. The molecule has 0 amide bonds. The van der Waals surface area contributed by atoms with Crippen LogP contribution < -0.4 is 0 Å². The Kier molecular flexibility index (Phi) is 10.8. The summed E-state index contributed by atoms with van der Waals surface area (Å²) in [6, 6.07) is 9.42. The zero-order valence-electron chi connectivity index (χ0n) is 16.5. The summed E-state index contributed by atoms with van der Waals surface area (Å²) in [5.74, 6) is 1.49. The molecule has 1 aromatic carbocycles. The van der Waals surface area contributed by atoms with Gasteiger partial charge in [-0.05, 0) is 82.4 Å². The second-order valence-corrected chi connectivity index (χ2v) is 9.02. The maximum atomic E-state index is 6.31. The van der Waals surface area contributed by atoms with E-state index < -0.39 is 0 Å². The van der Waals surface area contributed by atoms with Gasteiger partial charge in [-0.1, -0.05) is 43.0 Å². The molecule has 3 nitrogen and oxygen atoms in total. The van der Waals surface area contributed by atoms with Gasteiger partial charge in [0.25, 0.3) is 0 Å². The van der Waals surface area contributed by atoms with E-state index >= 15 is 0 Å². The SMILES string of the molecule is CN(C)C1CCN(CC(c2cccc(Cl)c2)C2CCCCC2)CC1.ClOCl.